The van der Waals surface area contributed by atoms with Crippen LogP contribution in [0.5, 0.6) is 0 Å². The molecular weight excluding hydrogens is 415 g/mol. The molecule has 4 amide bonds. The van der Waals surface area contributed by atoms with Crippen molar-refractivity contribution < 1.29 is 14.4 Å². The van der Waals surface area contributed by atoms with Crippen molar-refractivity contribution in [1.82, 2.24) is 20.0 Å². The molecular formula is C20H24Cl2N4O3. The number of urea groups is 1. The second-order valence-corrected chi connectivity index (χ2v) is 8.26. The topological polar surface area (TPSA) is 73.0 Å². The number of halogens is 2. The minimum atomic E-state index is -0.694. The second-order valence-electron chi connectivity index (χ2n) is 7.41. The molecule has 2 heterocycles. The normalized spacial score (nSPS) is 19.1. The van der Waals surface area contributed by atoms with E-state index in [0.29, 0.717) is 33.4 Å². The van der Waals surface area contributed by atoms with E-state index in [-0.39, 0.29) is 37.0 Å². The van der Waals surface area contributed by atoms with Crippen molar-refractivity contribution in [3.63, 3.8) is 0 Å². The van der Waals surface area contributed by atoms with Gasteiger partial charge in [0.05, 0.1) is 23.9 Å². The molecule has 0 bridgehead atoms. The van der Waals surface area contributed by atoms with Crippen molar-refractivity contribution in [1.29, 1.82) is 0 Å². The molecule has 3 rings (SSSR count). The molecule has 1 aromatic carbocycles. The molecule has 29 heavy (non-hydrogen) atoms. The first-order valence-electron chi connectivity index (χ1n) is 9.46. The van der Waals surface area contributed by atoms with Crippen LogP contribution < -0.4 is 5.32 Å². The zero-order chi connectivity index (χ0) is 21.5. The highest BCUT2D eigenvalue weighted by atomic mass is 35.5. The molecule has 1 aromatic rings. The van der Waals surface area contributed by atoms with E-state index in [1.165, 1.54) is 9.80 Å². The van der Waals surface area contributed by atoms with Gasteiger partial charge in [-0.15, -0.1) is 0 Å². The van der Waals surface area contributed by atoms with Gasteiger partial charge in [-0.05, 0) is 38.5 Å². The summed E-state index contributed by atoms with van der Waals surface area (Å²) in [5.41, 5.74) is 1.64. The maximum absolute atomic E-state index is 13.2. The van der Waals surface area contributed by atoms with Gasteiger partial charge in [0, 0.05) is 29.7 Å². The fourth-order valence-electron chi connectivity index (χ4n) is 3.54. The Hall–Kier alpha value is -2.25. The first-order chi connectivity index (χ1) is 13.6. The Morgan fingerprint density at radius 1 is 1.31 bits per heavy atom. The summed E-state index contributed by atoms with van der Waals surface area (Å²) in [4.78, 5) is 43.1. The molecule has 156 valence electrons. The van der Waals surface area contributed by atoms with Gasteiger partial charge in [0.1, 0.15) is 6.54 Å². The average molecular weight is 439 g/mol. The van der Waals surface area contributed by atoms with Crippen LogP contribution in [0, 0.1) is 0 Å². The average Bonchev–Trinajstić information content (AvgIpc) is 2.96. The van der Waals surface area contributed by atoms with E-state index in [4.69, 9.17) is 23.2 Å². The van der Waals surface area contributed by atoms with Crippen molar-refractivity contribution in [3.8, 4) is 0 Å². The van der Waals surface area contributed by atoms with Crippen LogP contribution in [0.25, 0.3) is 0 Å². The molecule has 1 atom stereocenters. The maximum Gasteiger partial charge on any atom is 0.322 e. The molecule has 0 fully saturated rings. The summed E-state index contributed by atoms with van der Waals surface area (Å²) in [5.74, 6) is -0.434. The summed E-state index contributed by atoms with van der Waals surface area (Å²) in [6, 6.07) is 3.98. The zero-order valence-electron chi connectivity index (χ0n) is 16.8. The number of hydrogen-bond acceptors (Lipinski definition) is 3. The Morgan fingerprint density at radius 2 is 2.00 bits per heavy atom. The van der Waals surface area contributed by atoms with Crippen molar-refractivity contribution in [2.75, 3.05) is 26.7 Å². The Balaban J connectivity index is 1.96. The lowest BCUT2D eigenvalue weighted by Gasteiger charge is -2.33. The summed E-state index contributed by atoms with van der Waals surface area (Å²) >= 11 is 12.4. The lowest BCUT2D eigenvalue weighted by atomic mass is 9.95. The Bertz CT molecular complexity index is 900. The molecule has 0 saturated heterocycles. The molecule has 0 unspecified atom stereocenters. The van der Waals surface area contributed by atoms with Crippen LogP contribution in [0.3, 0.4) is 0 Å². The largest absolute Gasteiger partial charge is 0.342 e. The molecule has 2 aliphatic heterocycles. The van der Waals surface area contributed by atoms with Crippen LogP contribution in [0.1, 0.15) is 32.4 Å². The van der Waals surface area contributed by atoms with Gasteiger partial charge in [0.2, 0.25) is 5.91 Å². The summed E-state index contributed by atoms with van der Waals surface area (Å²) in [5, 5.41) is 3.70. The standard InChI is InChI=1S/C20H24Cl2N4O3/c1-5-26-15-9-25(10-16(27)24(4)11(2)3)19(28)17(15)18(23-20(26)29)13-7-6-12(21)8-14(13)22/h6-8,11,18H,5,9-10H2,1-4H3,(H,23,29)/t18-/m1/s1. The van der Waals surface area contributed by atoms with Crippen LogP contribution in [-0.2, 0) is 9.59 Å². The van der Waals surface area contributed by atoms with Crippen LogP contribution in [0.2, 0.25) is 10.0 Å². The fourth-order valence-corrected chi connectivity index (χ4v) is 4.06. The van der Waals surface area contributed by atoms with E-state index in [1.807, 2.05) is 20.8 Å². The van der Waals surface area contributed by atoms with E-state index in [1.54, 1.807) is 30.1 Å². The van der Waals surface area contributed by atoms with Gasteiger partial charge in [-0.3, -0.25) is 14.5 Å². The number of carbonyl (C=O) groups excluding carboxylic acids is 3. The molecule has 0 spiro atoms. The van der Waals surface area contributed by atoms with E-state index in [2.05, 4.69) is 5.32 Å². The summed E-state index contributed by atoms with van der Waals surface area (Å²) in [7, 11) is 1.71. The number of likely N-dealkylation sites (N-methyl/N-ethyl adjacent to an activating group) is 2. The summed E-state index contributed by atoms with van der Waals surface area (Å²) < 4.78 is 0. The predicted molar refractivity (Wildman–Crippen MR) is 112 cm³/mol. The van der Waals surface area contributed by atoms with Gasteiger partial charge >= 0.3 is 6.03 Å². The molecule has 9 heteroatoms. The zero-order valence-corrected chi connectivity index (χ0v) is 18.3. The van der Waals surface area contributed by atoms with Crippen LogP contribution in [0.4, 0.5) is 4.79 Å². The number of carbonyl (C=O) groups is 3. The Kier molecular flexibility index (Phi) is 6.10. The molecule has 7 nitrogen and oxygen atoms in total. The number of benzene rings is 1. The van der Waals surface area contributed by atoms with E-state index < -0.39 is 6.04 Å². The van der Waals surface area contributed by atoms with Crippen molar-refractivity contribution in [3.05, 3.63) is 45.1 Å². The lowest BCUT2D eigenvalue weighted by Crippen LogP contribution is -2.47. The fraction of sp³-hybridized carbons (Fsp3) is 0.450. The SMILES string of the molecule is CCN1C(=O)N[C@H](c2ccc(Cl)cc2Cl)C2=C1CN(CC(=O)N(C)C(C)C)C2=O. The predicted octanol–water partition coefficient (Wildman–Crippen LogP) is 3.04. The highest BCUT2D eigenvalue weighted by Gasteiger charge is 2.44. The first-order valence-corrected chi connectivity index (χ1v) is 10.2. The smallest absolute Gasteiger partial charge is 0.322 e. The van der Waals surface area contributed by atoms with Crippen molar-refractivity contribution >= 4 is 41.0 Å². The number of rotatable bonds is 5. The van der Waals surface area contributed by atoms with Crippen molar-refractivity contribution in [2.45, 2.75) is 32.9 Å². The van der Waals surface area contributed by atoms with E-state index in [9.17, 15) is 14.4 Å². The monoisotopic (exact) mass is 438 g/mol. The number of amides is 4. The third kappa shape index (κ3) is 3.94. The first kappa shape index (κ1) is 21.5. The molecule has 0 aromatic heterocycles. The number of hydrogen-bond donors (Lipinski definition) is 1. The van der Waals surface area contributed by atoms with Gasteiger partial charge in [-0.1, -0.05) is 29.3 Å². The summed E-state index contributed by atoms with van der Waals surface area (Å²) in [6.07, 6.45) is 0. The minimum absolute atomic E-state index is 0.0267. The van der Waals surface area contributed by atoms with Gasteiger partial charge < -0.3 is 15.1 Å². The lowest BCUT2D eigenvalue weighted by molar-refractivity contribution is -0.137. The van der Waals surface area contributed by atoms with Crippen LogP contribution in [0.15, 0.2) is 29.5 Å². The molecule has 2 aliphatic rings. The number of nitrogens with zero attached hydrogens (tertiary/aromatic N) is 3. The van der Waals surface area contributed by atoms with E-state index >= 15 is 0 Å². The highest BCUT2D eigenvalue weighted by molar-refractivity contribution is 6.35. The van der Waals surface area contributed by atoms with Gasteiger partial charge in [0.25, 0.3) is 5.91 Å². The Labute approximate surface area is 180 Å². The van der Waals surface area contributed by atoms with Gasteiger partial charge in [-0.25, -0.2) is 4.79 Å². The summed E-state index contributed by atoms with van der Waals surface area (Å²) in [6.45, 7) is 6.22. The van der Waals surface area contributed by atoms with Crippen LogP contribution in [-0.4, -0.2) is 65.3 Å². The number of nitrogens with one attached hydrogen (secondary N) is 1. The molecule has 0 radical (unpaired) electrons. The van der Waals surface area contributed by atoms with E-state index in [0.717, 1.165) is 0 Å². The molecule has 0 saturated carbocycles. The van der Waals surface area contributed by atoms with Gasteiger partial charge in [-0.2, -0.15) is 0 Å². The third-order valence-corrected chi connectivity index (χ3v) is 5.94. The Morgan fingerprint density at radius 3 is 2.59 bits per heavy atom. The minimum Gasteiger partial charge on any atom is -0.342 e. The van der Waals surface area contributed by atoms with Gasteiger partial charge in [0.15, 0.2) is 0 Å². The van der Waals surface area contributed by atoms with Crippen LogP contribution >= 0.6 is 23.2 Å². The van der Waals surface area contributed by atoms with Crippen molar-refractivity contribution in [2.24, 2.45) is 0 Å². The third-order valence-electron chi connectivity index (χ3n) is 5.38. The highest BCUT2D eigenvalue weighted by Crippen LogP contribution is 2.39. The molecule has 1 N–H and O–H groups in total. The second kappa shape index (κ2) is 8.24. The maximum atomic E-state index is 13.2. The molecule has 0 aliphatic carbocycles. The quantitative estimate of drug-likeness (QED) is 0.767.